The molecule has 0 aliphatic carbocycles. The highest BCUT2D eigenvalue weighted by Gasteiger charge is 2.17. The Kier molecular flexibility index (Phi) is 10.3. The van der Waals surface area contributed by atoms with E-state index >= 15 is 0 Å². The predicted octanol–water partition coefficient (Wildman–Crippen LogP) is 4.87. The van der Waals surface area contributed by atoms with E-state index < -0.39 is 8.32 Å². The van der Waals surface area contributed by atoms with Gasteiger partial charge in [-0.05, 0) is 55.9 Å². The zero-order chi connectivity index (χ0) is 22.9. The van der Waals surface area contributed by atoms with Gasteiger partial charge in [-0.25, -0.2) is 4.79 Å². The minimum atomic E-state index is -1.51. The van der Waals surface area contributed by atoms with Crippen LogP contribution in [0.3, 0.4) is 0 Å². The van der Waals surface area contributed by atoms with Crippen molar-refractivity contribution in [1.29, 1.82) is 0 Å². The summed E-state index contributed by atoms with van der Waals surface area (Å²) in [6.07, 6.45) is 1.85. The molecule has 2 N–H and O–H groups in total. The highest BCUT2D eigenvalue weighted by atomic mass is 127. The number of anilines is 3. The number of nitrogens with zero attached hydrogens (tertiary/aromatic N) is 3. The smallest absolute Gasteiger partial charge is 0.338 e. The Morgan fingerprint density at radius 1 is 1.16 bits per heavy atom. The van der Waals surface area contributed by atoms with Crippen LogP contribution in [0.2, 0.25) is 25.2 Å². The minimum absolute atomic E-state index is 0.311. The van der Waals surface area contributed by atoms with Gasteiger partial charge >= 0.3 is 5.97 Å². The maximum Gasteiger partial charge on any atom is 0.338 e. The molecule has 0 amide bonds. The molecule has 0 saturated heterocycles. The summed E-state index contributed by atoms with van der Waals surface area (Å²) in [5, 5.41) is 6.43. The van der Waals surface area contributed by atoms with Crippen LogP contribution in [0.5, 0.6) is 0 Å². The second-order valence-electron chi connectivity index (χ2n) is 8.06. The second kappa shape index (κ2) is 12.5. The fourth-order valence-electron chi connectivity index (χ4n) is 2.26. The topological polar surface area (TPSA) is 98.3 Å². The number of hydrogen-bond acceptors (Lipinski definition) is 8. The SMILES string of the molecule is CCCCOC(=O)c1ccc(Nc2nc(I)nc(NCC(C)[Si]O[Si](C)(C)C)n2)cc1. The molecule has 1 unspecified atom stereocenters. The third kappa shape index (κ3) is 10.1. The molecule has 0 bridgehead atoms. The molecule has 1 heterocycles. The van der Waals surface area contributed by atoms with Crippen LogP contribution in [-0.2, 0) is 8.85 Å². The molecule has 2 rings (SSSR count). The Morgan fingerprint density at radius 2 is 1.84 bits per heavy atom. The first-order chi connectivity index (χ1) is 14.7. The van der Waals surface area contributed by atoms with E-state index in [0.717, 1.165) is 25.1 Å². The lowest BCUT2D eigenvalue weighted by molar-refractivity contribution is 0.0500. The van der Waals surface area contributed by atoms with Crippen molar-refractivity contribution in [3.8, 4) is 0 Å². The Balaban J connectivity index is 1.93. The third-order valence-corrected chi connectivity index (χ3v) is 7.86. The van der Waals surface area contributed by atoms with Crippen molar-refractivity contribution in [1.82, 2.24) is 15.0 Å². The molecule has 0 spiro atoms. The lowest BCUT2D eigenvalue weighted by Crippen LogP contribution is -2.30. The van der Waals surface area contributed by atoms with Gasteiger partial charge in [0.1, 0.15) is 0 Å². The first-order valence-corrected chi connectivity index (χ1v) is 15.8. The normalized spacial score (nSPS) is 12.3. The highest BCUT2D eigenvalue weighted by molar-refractivity contribution is 14.1. The zero-order valence-electron chi connectivity index (χ0n) is 18.7. The molecule has 31 heavy (non-hydrogen) atoms. The maximum absolute atomic E-state index is 12.0. The zero-order valence-corrected chi connectivity index (χ0v) is 22.8. The molecule has 1 atom stereocenters. The van der Waals surface area contributed by atoms with E-state index in [1.54, 1.807) is 24.3 Å². The summed E-state index contributed by atoms with van der Waals surface area (Å²) < 4.78 is 11.8. The van der Waals surface area contributed by atoms with Crippen molar-refractivity contribution >= 4 is 64.2 Å². The summed E-state index contributed by atoms with van der Waals surface area (Å²) in [6.45, 7) is 11.9. The summed E-state index contributed by atoms with van der Waals surface area (Å²) >= 11 is 2.07. The Labute approximate surface area is 201 Å². The number of esters is 1. The molecule has 2 radical (unpaired) electrons. The maximum atomic E-state index is 12.0. The van der Waals surface area contributed by atoms with Crippen molar-refractivity contribution in [2.24, 2.45) is 0 Å². The van der Waals surface area contributed by atoms with Gasteiger partial charge in [0.05, 0.1) is 12.2 Å². The van der Waals surface area contributed by atoms with Gasteiger partial charge in [0, 0.05) is 34.8 Å². The van der Waals surface area contributed by atoms with Crippen LogP contribution in [-0.4, -0.2) is 52.2 Å². The van der Waals surface area contributed by atoms with Gasteiger partial charge in [0.2, 0.25) is 21.7 Å². The lowest BCUT2D eigenvalue weighted by Gasteiger charge is -2.20. The summed E-state index contributed by atoms with van der Waals surface area (Å²) in [5.41, 5.74) is 1.66. The van der Waals surface area contributed by atoms with E-state index in [0.29, 0.717) is 43.2 Å². The highest BCUT2D eigenvalue weighted by Crippen LogP contribution is 2.17. The molecular weight excluding hydrogens is 541 g/mol. The first kappa shape index (κ1) is 25.7. The number of nitrogens with one attached hydrogen (secondary N) is 2. The lowest BCUT2D eigenvalue weighted by atomic mass is 10.2. The number of carbonyl (C=O) groups excluding carboxylic acids is 1. The van der Waals surface area contributed by atoms with Crippen LogP contribution < -0.4 is 10.6 Å². The third-order valence-electron chi connectivity index (χ3n) is 3.85. The first-order valence-electron chi connectivity index (χ1n) is 10.3. The van der Waals surface area contributed by atoms with Gasteiger partial charge in [-0.1, -0.05) is 20.3 Å². The summed E-state index contributed by atoms with van der Waals surface area (Å²) in [4.78, 5) is 25.2. The van der Waals surface area contributed by atoms with Gasteiger partial charge in [-0.2, -0.15) is 15.0 Å². The van der Waals surface area contributed by atoms with Gasteiger partial charge in [0.15, 0.2) is 12.1 Å². The summed E-state index contributed by atoms with van der Waals surface area (Å²) in [5.74, 6) is 0.644. The van der Waals surface area contributed by atoms with Gasteiger partial charge in [-0.15, -0.1) is 0 Å². The second-order valence-corrected chi connectivity index (χ2v) is 15.3. The summed E-state index contributed by atoms with van der Waals surface area (Å²) in [6, 6.07) is 7.06. The molecule has 1 aromatic heterocycles. The van der Waals surface area contributed by atoms with Crippen molar-refractivity contribution in [3.05, 3.63) is 33.7 Å². The number of benzene rings is 1. The Morgan fingerprint density at radius 3 is 2.48 bits per heavy atom. The van der Waals surface area contributed by atoms with Gasteiger partial charge in [0.25, 0.3) is 0 Å². The van der Waals surface area contributed by atoms with Crippen LogP contribution in [0.15, 0.2) is 24.3 Å². The fraction of sp³-hybridized carbons (Fsp3) is 0.500. The molecule has 168 valence electrons. The van der Waals surface area contributed by atoms with Crippen molar-refractivity contribution < 1.29 is 13.6 Å². The largest absolute Gasteiger partial charge is 0.462 e. The quantitative estimate of drug-likeness (QED) is 0.161. The molecule has 0 saturated carbocycles. The molecule has 0 fully saturated rings. The van der Waals surface area contributed by atoms with Crippen LogP contribution in [0.4, 0.5) is 17.6 Å². The molecular formula is C20H30IN5O3Si2. The molecule has 11 heteroatoms. The van der Waals surface area contributed by atoms with Crippen LogP contribution >= 0.6 is 22.6 Å². The number of rotatable bonds is 12. The monoisotopic (exact) mass is 571 g/mol. The Hall–Kier alpha value is -1.58. The van der Waals surface area contributed by atoms with E-state index in [4.69, 9.17) is 8.85 Å². The number of ether oxygens (including phenoxy) is 1. The molecule has 0 aliphatic rings. The van der Waals surface area contributed by atoms with E-state index in [2.05, 4.69) is 81.7 Å². The van der Waals surface area contributed by atoms with Crippen molar-refractivity contribution in [3.63, 3.8) is 0 Å². The van der Waals surface area contributed by atoms with E-state index in [9.17, 15) is 4.79 Å². The predicted molar refractivity (Wildman–Crippen MR) is 136 cm³/mol. The minimum Gasteiger partial charge on any atom is -0.462 e. The van der Waals surface area contributed by atoms with Crippen LogP contribution in [0, 0.1) is 3.83 Å². The summed E-state index contributed by atoms with van der Waals surface area (Å²) in [7, 11) is -1.06. The van der Waals surface area contributed by atoms with Crippen molar-refractivity contribution in [2.45, 2.75) is 51.9 Å². The molecule has 8 nitrogen and oxygen atoms in total. The average molecular weight is 572 g/mol. The van der Waals surface area contributed by atoms with Crippen LogP contribution in [0.25, 0.3) is 0 Å². The number of halogens is 1. The standard InChI is InChI=1S/C20H30IN5O3Si2/c1-6-7-12-28-17(27)15-8-10-16(11-9-15)23-20-25-18(21)24-19(26-20)22-13-14(2)30-29-31(3,4)5/h8-11,14H,6-7,12-13H2,1-5H3,(H2,22,23,24,25,26). The van der Waals surface area contributed by atoms with Gasteiger partial charge < -0.3 is 19.5 Å². The average Bonchev–Trinajstić information content (AvgIpc) is 2.70. The molecule has 2 aromatic rings. The van der Waals surface area contributed by atoms with E-state index in [1.165, 1.54) is 0 Å². The van der Waals surface area contributed by atoms with Crippen LogP contribution in [0.1, 0.15) is 37.0 Å². The van der Waals surface area contributed by atoms with Crippen molar-refractivity contribution in [2.75, 3.05) is 23.8 Å². The Bertz CT molecular complexity index is 850. The molecule has 0 aliphatic heterocycles. The fourth-order valence-corrected chi connectivity index (χ4v) is 5.12. The van der Waals surface area contributed by atoms with Gasteiger partial charge in [-0.3, -0.25) is 0 Å². The molecule has 1 aromatic carbocycles. The number of unbranched alkanes of at least 4 members (excludes halogenated alkanes) is 1. The number of carbonyl (C=O) groups is 1. The van der Waals surface area contributed by atoms with E-state index in [1.807, 2.05) is 0 Å². The number of aromatic nitrogens is 3. The van der Waals surface area contributed by atoms with E-state index in [-0.39, 0.29) is 5.97 Å². The number of hydrogen-bond donors (Lipinski definition) is 2.